The zero-order chi connectivity index (χ0) is 43.9. The standard InChI is InChI=1S/C25H22ClNO4.C25H22FNO4/c1-31-23-5-3-2-4-20(23)16-6-8-18(9-7-16)24(28)27-21(14-15-22(27)25(29)30)17-10-12-19(26)13-11-17;1-31-23-8-3-2-7-20(23)16-9-11-17(12-10-16)24(28)27-21(13-14-22(27)25(29)30)18-5-4-6-19(26)15-18/h2-13,21-22H,14-15H2,1H3,(H,29,30);2-12,15,21-22H,13-14H2,1H3,(H,29,30)/t2*21-,22+/m11/s1. The van der Waals surface area contributed by atoms with E-state index >= 15 is 0 Å². The lowest BCUT2D eigenvalue weighted by Gasteiger charge is -2.29. The summed E-state index contributed by atoms with van der Waals surface area (Å²) < 4.78 is 24.6. The summed E-state index contributed by atoms with van der Waals surface area (Å²) in [4.78, 5) is 53.3. The van der Waals surface area contributed by atoms with Gasteiger partial charge in [-0.1, -0.05) is 96.5 Å². The highest BCUT2D eigenvalue weighted by molar-refractivity contribution is 6.30. The number of benzene rings is 6. The van der Waals surface area contributed by atoms with Crippen LogP contribution in [0.2, 0.25) is 5.02 Å². The highest BCUT2D eigenvalue weighted by atomic mass is 35.5. The Kier molecular flexibility index (Phi) is 13.3. The quantitative estimate of drug-likeness (QED) is 0.139. The lowest BCUT2D eigenvalue weighted by Crippen LogP contribution is -2.41. The SMILES string of the molecule is COc1ccccc1-c1ccc(C(=O)N2[C@@H](c3ccc(Cl)cc3)CC[C@H]2C(=O)O)cc1.COc1ccccc1-c1ccc(C(=O)N2[C@@H](c3cccc(F)c3)CC[C@H]2C(=O)O)cc1. The number of carbonyl (C=O) groups is 4. The molecule has 2 aliphatic rings. The number of amides is 2. The van der Waals surface area contributed by atoms with E-state index in [0.29, 0.717) is 47.4 Å². The molecule has 316 valence electrons. The van der Waals surface area contributed by atoms with Crippen LogP contribution in [0.15, 0.2) is 146 Å². The van der Waals surface area contributed by atoms with E-state index in [-0.39, 0.29) is 17.9 Å². The summed E-state index contributed by atoms with van der Waals surface area (Å²) in [5.74, 6) is -1.67. The van der Waals surface area contributed by atoms with Gasteiger partial charge in [-0.25, -0.2) is 14.0 Å². The Morgan fingerprint density at radius 3 is 1.40 bits per heavy atom. The molecule has 6 aromatic rings. The first kappa shape index (κ1) is 43.1. The van der Waals surface area contributed by atoms with Gasteiger partial charge in [0.2, 0.25) is 0 Å². The predicted octanol–water partition coefficient (Wildman–Crippen LogP) is 10.4. The summed E-state index contributed by atoms with van der Waals surface area (Å²) in [7, 11) is 3.22. The van der Waals surface area contributed by atoms with Crippen molar-refractivity contribution in [2.24, 2.45) is 0 Å². The maximum atomic E-state index is 13.8. The predicted molar refractivity (Wildman–Crippen MR) is 234 cm³/mol. The molecule has 0 unspecified atom stereocenters. The van der Waals surface area contributed by atoms with Crippen molar-refractivity contribution < 1.29 is 43.3 Å². The van der Waals surface area contributed by atoms with E-state index in [1.807, 2.05) is 84.9 Å². The van der Waals surface area contributed by atoms with E-state index in [2.05, 4.69) is 0 Å². The molecule has 62 heavy (non-hydrogen) atoms. The van der Waals surface area contributed by atoms with E-state index in [1.54, 1.807) is 62.8 Å². The number of halogens is 2. The molecule has 8 rings (SSSR count). The summed E-state index contributed by atoms with van der Waals surface area (Å²) in [5, 5.41) is 20.0. The smallest absolute Gasteiger partial charge is 0.326 e. The highest BCUT2D eigenvalue weighted by Crippen LogP contribution is 2.40. The average molecular weight is 855 g/mol. The first-order valence-corrected chi connectivity index (χ1v) is 20.5. The van der Waals surface area contributed by atoms with Crippen LogP contribution in [-0.2, 0) is 9.59 Å². The molecule has 6 aromatic carbocycles. The molecule has 4 atom stereocenters. The third kappa shape index (κ3) is 9.18. The molecule has 10 nitrogen and oxygen atoms in total. The van der Waals surface area contributed by atoms with Crippen LogP contribution in [-0.4, -0.2) is 70.1 Å². The first-order chi connectivity index (χ1) is 30.0. The van der Waals surface area contributed by atoms with Crippen LogP contribution >= 0.6 is 11.6 Å². The Hall–Kier alpha value is -6.98. The molecule has 2 amide bonds. The number of hydrogen-bond acceptors (Lipinski definition) is 6. The van der Waals surface area contributed by atoms with Crippen molar-refractivity contribution in [1.29, 1.82) is 0 Å². The van der Waals surface area contributed by atoms with Crippen molar-refractivity contribution in [3.8, 4) is 33.8 Å². The third-order valence-electron chi connectivity index (χ3n) is 11.4. The molecule has 0 aromatic heterocycles. The number of methoxy groups -OCH3 is 2. The van der Waals surface area contributed by atoms with E-state index in [0.717, 1.165) is 39.3 Å². The van der Waals surface area contributed by atoms with Gasteiger partial charge in [-0.15, -0.1) is 0 Å². The van der Waals surface area contributed by atoms with Crippen molar-refractivity contribution >= 4 is 35.4 Å². The monoisotopic (exact) mass is 854 g/mol. The van der Waals surface area contributed by atoms with Gasteiger partial charge < -0.3 is 29.5 Å². The number of rotatable bonds is 10. The minimum Gasteiger partial charge on any atom is -0.496 e. The number of carboxylic acid groups (broad SMARTS) is 2. The number of nitrogens with zero attached hydrogens (tertiary/aromatic N) is 2. The van der Waals surface area contributed by atoms with E-state index in [1.165, 1.54) is 21.9 Å². The Balaban J connectivity index is 0.000000186. The largest absolute Gasteiger partial charge is 0.496 e. The van der Waals surface area contributed by atoms with Crippen molar-refractivity contribution in [3.63, 3.8) is 0 Å². The van der Waals surface area contributed by atoms with Gasteiger partial charge in [0.1, 0.15) is 29.4 Å². The van der Waals surface area contributed by atoms with Crippen LogP contribution in [0.3, 0.4) is 0 Å². The molecule has 0 spiro atoms. The molecule has 2 heterocycles. The Labute approximate surface area is 363 Å². The lowest BCUT2D eigenvalue weighted by atomic mass is 10.0. The normalized spacial score (nSPS) is 18.1. The number of para-hydroxylation sites is 2. The van der Waals surface area contributed by atoms with Gasteiger partial charge in [-0.3, -0.25) is 9.59 Å². The number of carbonyl (C=O) groups excluding carboxylic acids is 2. The van der Waals surface area contributed by atoms with Gasteiger partial charge >= 0.3 is 11.9 Å². The molecular formula is C50H44ClFN2O8. The maximum absolute atomic E-state index is 13.8. The van der Waals surface area contributed by atoms with E-state index in [9.17, 15) is 33.8 Å². The fourth-order valence-electron chi connectivity index (χ4n) is 8.38. The van der Waals surface area contributed by atoms with Crippen molar-refractivity contribution in [3.05, 3.63) is 179 Å². The van der Waals surface area contributed by atoms with Crippen LogP contribution in [0.25, 0.3) is 22.3 Å². The van der Waals surface area contributed by atoms with Gasteiger partial charge in [-0.2, -0.15) is 0 Å². The second-order valence-corrected chi connectivity index (χ2v) is 15.4. The summed E-state index contributed by atoms with van der Waals surface area (Å²) in [6.07, 6.45) is 1.78. The molecule has 0 bridgehead atoms. The lowest BCUT2D eigenvalue weighted by molar-refractivity contribution is -0.142. The number of likely N-dealkylation sites (tertiary alicyclic amines) is 2. The van der Waals surface area contributed by atoms with Crippen LogP contribution in [0.1, 0.15) is 69.6 Å². The molecular weight excluding hydrogens is 811 g/mol. The van der Waals surface area contributed by atoms with E-state index < -0.39 is 35.9 Å². The van der Waals surface area contributed by atoms with Crippen LogP contribution in [0, 0.1) is 5.82 Å². The van der Waals surface area contributed by atoms with Crippen molar-refractivity contribution in [2.45, 2.75) is 49.9 Å². The number of aliphatic carboxylic acids is 2. The Morgan fingerprint density at radius 2 is 0.984 bits per heavy atom. The average Bonchev–Trinajstić information content (AvgIpc) is 3.96. The number of hydrogen-bond donors (Lipinski definition) is 2. The summed E-state index contributed by atoms with van der Waals surface area (Å²) in [6.45, 7) is 0. The fraction of sp³-hybridized carbons (Fsp3) is 0.200. The van der Waals surface area contributed by atoms with Crippen LogP contribution < -0.4 is 9.47 Å². The Bertz CT molecular complexity index is 2570. The van der Waals surface area contributed by atoms with Crippen LogP contribution in [0.4, 0.5) is 4.39 Å². The second-order valence-electron chi connectivity index (χ2n) is 15.0. The van der Waals surface area contributed by atoms with Gasteiger partial charge in [0.25, 0.3) is 11.8 Å². The topological polar surface area (TPSA) is 134 Å². The van der Waals surface area contributed by atoms with E-state index in [4.69, 9.17) is 21.1 Å². The molecule has 2 N–H and O–H groups in total. The summed E-state index contributed by atoms with van der Waals surface area (Å²) >= 11 is 6.00. The molecule has 2 saturated heterocycles. The molecule has 0 radical (unpaired) electrons. The van der Waals surface area contributed by atoms with Gasteiger partial charge in [0.05, 0.1) is 26.3 Å². The second kappa shape index (κ2) is 19.2. The Morgan fingerprint density at radius 1 is 0.548 bits per heavy atom. The van der Waals surface area contributed by atoms with Crippen molar-refractivity contribution in [2.75, 3.05) is 14.2 Å². The number of ether oxygens (including phenoxy) is 2. The summed E-state index contributed by atoms with van der Waals surface area (Å²) in [6, 6.07) is 40.0. The third-order valence-corrected chi connectivity index (χ3v) is 11.6. The molecule has 2 aliphatic heterocycles. The molecule has 0 saturated carbocycles. The highest BCUT2D eigenvalue weighted by Gasteiger charge is 2.43. The minimum atomic E-state index is -1.06. The zero-order valence-electron chi connectivity index (χ0n) is 34.0. The van der Waals surface area contributed by atoms with Crippen molar-refractivity contribution in [1.82, 2.24) is 9.80 Å². The number of carboxylic acids is 2. The fourth-order valence-corrected chi connectivity index (χ4v) is 8.50. The minimum absolute atomic E-state index is 0.295. The molecule has 12 heteroatoms. The molecule has 2 fully saturated rings. The first-order valence-electron chi connectivity index (χ1n) is 20.1. The molecule has 0 aliphatic carbocycles. The van der Waals surface area contributed by atoms with Gasteiger partial charge in [0, 0.05) is 27.3 Å². The maximum Gasteiger partial charge on any atom is 0.326 e. The van der Waals surface area contributed by atoms with Gasteiger partial charge in [0.15, 0.2) is 0 Å². The van der Waals surface area contributed by atoms with Crippen LogP contribution in [0.5, 0.6) is 11.5 Å². The van der Waals surface area contributed by atoms with Gasteiger partial charge in [-0.05, 0) is 109 Å². The summed E-state index contributed by atoms with van der Waals surface area (Å²) in [5.41, 5.74) is 5.93. The zero-order valence-corrected chi connectivity index (χ0v) is 34.7.